The summed E-state index contributed by atoms with van der Waals surface area (Å²) in [6, 6.07) is 42.6. The molecule has 10 rings (SSSR count). The Hall–Kier alpha value is -5.30. The summed E-state index contributed by atoms with van der Waals surface area (Å²) in [7, 11) is -0.484. The van der Waals surface area contributed by atoms with Gasteiger partial charge < -0.3 is 22.7 Å². The molecule has 9 aromatic rings. The Morgan fingerprint density at radius 3 is 1.96 bits per heavy atom. The Labute approximate surface area is 277 Å². The molecule has 0 unspecified atom stereocenters. The van der Waals surface area contributed by atoms with Crippen molar-refractivity contribution in [3.63, 3.8) is 0 Å². The molecule has 4 heterocycles. The third-order valence-corrected chi connectivity index (χ3v) is 10.7. The SMILES string of the molecule is CC1(C)OB(c2cccc3oc4ccc(-c5ccc6c(c5)c5ccccc5n6-c5cccc6c5oc5ccccc56)cc4c23)OC1(C)C. The molecule has 0 bridgehead atoms. The second kappa shape index (κ2) is 9.63. The lowest BCUT2D eigenvalue weighted by Crippen LogP contribution is -2.41. The fourth-order valence-electron chi connectivity index (χ4n) is 7.52. The van der Waals surface area contributed by atoms with Crippen molar-refractivity contribution < 1.29 is 18.1 Å². The molecule has 5 nitrogen and oxygen atoms in total. The van der Waals surface area contributed by atoms with Crippen LogP contribution in [0.5, 0.6) is 0 Å². The fourth-order valence-corrected chi connectivity index (χ4v) is 7.52. The largest absolute Gasteiger partial charge is 0.495 e. The lowest BCUT2D eigenvalue weighted by molar-refractivity contribution is 0.00578. The third kappa shape index (κ3) is 3.81. The molecular formula is C42H32BNO4. The first-order valence-corrected chi connectivity index (χ1v) is 16.5. The average Bonchev–Trinajstić information content (AvgIpc) is 3.81. The van der Waals surface area contributed by atoms with E-state index in [9.17, 15) is 0 Å². The minimum atomic E-state index is -0.484. The van der Waals surface area contributed by atoms with E-state index in [-0.39, 0.29) is 0 Å². The van der Waals surface area contributed by atoms with Crippen LogP contribution in [0.2, 0.25) is 0 Å². The van der Waals surface area contributed by atoms with Crippen LogP contribution in [0.15, 0.2) is 130 Å². The van der Waals surface area contributed by atoms with Gasteiger partial charge in [-0.1, -0.05) is 72.8 Å². The highest BCUT2D eigenvalue weighted by Crippen LogP contribution is 2.41. The number of nitrogens with zero attached hydrogens (tertiary/aromatic N) is 1. The minimum absolute atomic E-state index is 0.435. The number of benzene rings is 6. The van der Waals surface area contributed by atoms with Crippen molar-refractivity contribution >= 4 is 78.3 Å². The molecule has 0 atom stereocenters. The molecule has 0 aliphatic carbocycles. The molecule has 1 saturated heterocycles. The fraction of sp³-hybridized carbons (Fsp3) is 0.143. The van der Waals surface area contributed by atoms with Gasteiger partial charge in [-0.15, -0.1) is 0 Å². The lowest BCUT2D eigenvalue weighted by atomic mass is 9.76. The number of hydrogen-bond acceptors (Lipinski definition) is 4. The summed E-state index contributed by atoms with van der Waals surface area (Å²) in [5, 5.41) is 6.70. The van der Waals surface area contributed by atoms with E-state index < -0.39 is 18.3 Å². The summed E-state index contributed by atoms with van der Waals surface area (Å²) in [4.78, 5) is 0. The van der Waals surface area contributed by atoms with E-state index in [4.69, 9.17) is 18.1 Å². The normalized spacial score (nSPS) is 16.0. The van der Waals surface area contributed by atoms with Gasteiger partial charge in [-0.25, -0.2) is 0 Å². The first kappa shape index (κ1) is 27.8. The van der Waals surface area contributed by atoms with E-state index in [0.717, 1.165) is 77.2 Å². The summed E-state index contributed by atoms with van der Waals surface area (Å²) in [5.41, 5.74) is 9.12. The monoisotopic (exact) mass is 625 g/mol. The van der Waals surface area contributed by atoms with E-state index in [0.29, 0.717) is 0 Å². The van der Waals surface area contributed by atoms with E-state index in [2.05, 4.69) is 129 Å². The summed E-state index contributed by atoms with van der Waals surface area (Å²) in [6.07, 6.45) is 0. The number of rotatable bonds is 3. The van der Waals surface area contributed by atoms with Crippen LogP contribution in [0.4, 0.5) is 0 Å². The Balaban J connectivity index is 1.15. The van der Waals surface area contributed by atoms with Crippen molar-refractivity contribution in [3.8, 4) is 16.8 Å². The topological polar surface area (TPSA) is 49.7 Å². The molecule has 0 radical (unpaired) electrons. The van der Waals surface area contributed by atoms with E-state index in [1.165, 1.54) is 10.8 Å². The molecule has 232 valence electrons. The van der Waals surface area contributed by atoms with Gasteiger partial charge in [0.15, 0.2) is 5.58 Å². The Morgan fingerprint density at radius 1 is 0.500 bits per heavy atom. The molecule has 1 fully saturated rings. The van der Waals surface area contributed by atoms with Gasteiger partial charge in [-0.05, 0) is 92.8 Å². The molecule has 1 aliphatic heterocycles. The smallest absolute Gasteiger partial charge is 0.456 e. The third-order valence-electron chi connectivity index (χ3n) is 10.7. The average molecular weight is 626 g/mol. The van der Waals surface area contributed by atoms with Crippen LogP contribution in [0.3, 0.4) is 0 Å². The van der Waals surface area contributed by atoms with Crippen molar-refractivity contribution in [3.05, 3.63) is 121 Å². The van der Waals surface area contributed by atoms with Gasteiger partial charge in [0.2, 0.25) is 0 Å². The van der Waals surface area contributed by atoms with Crippen LogP contribution in [-0.4, -0.2) is 22.9 Å². The second-order valence-corrected chi connectivity index (χ2v) is 14.0. The molecule has 0 saturated carbocycles. The molecule has 6 aromatic carbocycles. The van der Waals surface area contributed by atoms with Gasteiger partial charge in [0.05, 0.1) is 27.9 Å². The highest BCUT2D eigenvalue weighted by molar-refractivity contribution is 6.66. The molecule has 48 heavy (non-hydrogen) atoms. The van der Waals surface area contributed by atoms with Gasteiger partial charge >= 0.3 is 7.12 Å². The molecule has 3 aromatic heterocycles. The summed E-state index contributed by atoms with van der Waals surface area (Å²) < 4.78 is 28.2. The quantitative estimate of drug-likeness (QED) is 0.183. The van der Waals surface area contributed by atoms with Gasteiger partial charge in [0.1, 0.15) is 16.7 Å². The van der Waals surface area contributed by atoms with Crippen molar-refractivity contribution in [1.82, 2.24) is 4.57 Å². The van der Waals surface area contributed by atoms with Crippen molar-refractivity contribution in [1.29, 1.82) is 0 Å². The van der Waals surface area contributed by atoms with Crippen molar-refractivity contribution in [2.45, 2.75) is 38.9 Å². The maximum Gasteiger partial charge on any atom is 0.495 e. The number of furan rings is 2. The predicted octanol–water partition coefficient (Wildman–Crippen LogP) is 10.5. The summed E-state index contributed by atoms with van der Waals surface area (Å²) >= 11 is 0. The zero-order chi connectivity index (χ0) is 32.4. The molecule has 1 aliphatic rings. The van der Waals surface area contributed by atoms with Crippen LogP contribution in [0, 0.1) is 0 Å². The van der Waals surface area contributed by atoms with Gasteiger partial charge in [-0.3, -0.25) is 0 Å². The first-order valence-electron chi connectivity index (χ1n) is 16.5. The van der Waals surface area contributed by atoms with Gasteiger partial charge in [-0.2, -0.15) is 0 Å². The van der Waals surface area contributed by atoms with Gasteiger partial charge in [0, 0.05) is 32.3 Å². The minimum Gasteiger partial charge on any atom is -0.456 e. The molecule has 6 heteroatoms. The zero-order valence-electron chi connectivity index (χ0n) is 27.2. The first-order chi connectivity index (χ1) is 23.3. The second-order valence-electron chi connectivity index (χ2n) is 14.0. The van der Waals surface area contributed by atoms with Crippen LogP contribution < -0.4 is 5.46 Å². The number of fused-ring (bicyclic) bond motifs is 9. The standard InChI is InChI=1S/C42H32BNO4/c1-41(2)42(3,4)48-43(47-41)32-14-10-18-38-39(32)31-24-26(20-22-37(31)45-38)25-19-21-34-30(23-25)27-11-5-7-15-33(27)44(34)35-16-9-13-29-28-12-6-8-17-36(28)46-40(29)35/h5-24H,1-4H3. The van der Waals surface area contributed by atoms with E-state index in [1.807, 2.05) is 24.3 Å². The van der Waals surface area contributed by atoms with Crippen molar-refractivity contribution in [2.75, 3.05) is 0 Å². The van der Waals surface area contributed by atoms with E-state index in [1.54, 1.807) is 0 Å². The maximum absolute atomic E-state index is 6.49. The predicted molar refractivity (Wildman–Crippen MR) is 196 cm³/mol. The zero-order valence-corrected chi connectivity index (χ0v) is 27.2. The number of hydrogen-bond donors (Lipinski definition) is 0. The number of para-hydroxylation sites is 3. The Bertz CT molecular complexity index is 2750. The molecule has 0 N–H and O–H groups in total. The number of aromatic nitrogens is 1. The molecule has 0 spiro atoms. The Morgan fingerprint density at radius 2 is 1.12 bits per heavy atom. The van der Waals surface area contributed by atoms with Crippen LogP contribution in [0.25, 0.3) is 82.5 Å². The highest BCUT2D eigenvalue weighted by Gasteiger charge is 2.52. The van der Waals surface area contributed by atoms with Crippen LogP contribution in [-0.2, 0) is 9.31 Å². The molecular weight excluding hydrogens is 593 g/mol. The maximum atomic E-state index is 6.49. The van der Waals surface area contributed by atoms with Gasteiger partial charge in [0.25, 0.3) is 0 Å². The van der Waals surface area contributed by atoms with Crippen molar-refractivity contribution in [2.24, 2.45) is 0 Å². The van der Waals surface area contributed by atoms with E-state index >= 15 is 0 Å². The Kier molecular flexibility index (Phi) is 5.57. The summed E-state index contributed by atoms with van der Waals surface area (Å²) in [5.74, 6) is 0. The lowest BCUT2D eigenvalue weighted by Gasteiger charge is -2.32. The van der Waals surface area contributed by atoms with Crippen LogP contribution in [0.1, 0.15) is 27.7 Å². The summed E-state index contributed by atoms with van der Waals surface area (Å²) in [6.45, 7) is 8.35. The molecule has 0 amide bonds. The highest BCUT2D eigenvalue weighted by atomic mass is 16.7. The van der Waals surface area contributed by atoms with Crippen LogP contribution >= 0.6 is 0 Å².